The third-order valence-corrected chi connectivity index (χ3v) is 5.05. The van der Waals surface area contributed by atoms with Crippen molar-refractivity contribution in [2.45, 2.75) is 40.7 Å². The van der Waals surface area contributed by atoms with Crippen molar-refractivity contribution in [3.05, 3.63) is 36.1 Å². The van der Waals surface area contributed by atoms with Crippen LogP contribution < -0.4 is 4.74 Å². The molecule has 0 atom stereocenters. The van der Waals surface area contributed by atoms with Crippen LogP contribution >= 0.6 is 10.7 Å². The summed E-state index contributed by atoms with van der Waals surface area (Å²) in [6, 6.07) is -1.42. The number of allylic oxidation sites excluding steroid dienone is 1. The Bertz CT molecular complexity index is 1060. The van der Waals surface area contributed by atoms with Gasteiger partial charge < -0.3 is 4.74 Å². The summed E-state index contributed by atoms with van der Waals surface area (Å²) in [6.07, 6.45) is -7.69. The molecule has 0 aliphatic rings. The molecule has 0 saturated heterocycles. The van der Waals surface area contributed by atoms with Gasteiger partial charge >= 0.3 is 41.8 Å². The Morgan fingerprint density at radius 2 is 1.12 bits per heavy atom. The zero-order chi connectivity index (χ0) is 27.3. The maximum absolute atomic E-state index is 13.7. The Morgan fingerprint density at radius 3 is 1.53 bits per heavy atom. The number of hydrogen-bond donors (Lipinski definition) is 0. The van der Waals surface area contributed by atoms with Crippen LogP contribution in [0.25, 0.3) is 0 Å². The Kier molecular flexibility index (Phi) is 7.55. The fourth-order valence-electron chi connectivity index (χ4n) is 1.91. The van der Waals surface area contributed by atoms with Crippen molar-refractivity contribution < 1.29 is 79.0 Å². The number of benzene rings is 1. The highest BCUT2D eigenvalue weighted by atomic mass is 35.7. The van der Waals surface area contributed by atoms with Crippen LogP contribution in [0, 0.1) is 0 Å². The van der Waals surface area contributed by atoms with Crippen LogP contribution in [-0.4, -0.2) is 44.2 Å². The fourth-order valence-corrected chi connectivity index (χ4v) is 2.88. The molecule has 20 heteroatoms. The van der Waals surface area contributed by atoms with Crippen LogP contribution in [0.3, 0.4) is 0 Å². The molecular formula is C14H4ClF15O3S. The average Bonchev–Trinajstić information content (AvgIpc) is 2.65. The standard InChI is InChI=1S/C14H4ClF15O3S/c15-34(31,32)6-4-2-1-3-5(6)33-8(17)7(16)9(18,19)10(20,21)11(22,23)12(24,25)13(26,27)14(28,29)30/h1-4H. The average molecular weight is 573 g/mol. The van der Waals surface area contributed by atoms with Gasteiger partial charge in [0.25, 0.3) is 9.05 Å². The highest BCUT2D eigenvalue weighted by Gasteiger charge is 2.91. The van der Waals surface area contributed by atoms with Crippen molar-refractivity contribution in [2.24, 2.45) is 0 Å². The maximum Gasteiger partial charge on any atom is 0.460 e. The molecule has 1 aromatic rings. The van der Waals surface area contributed by atoms with E-state index < -0.39 is 67.3 Å². The number of rotatable bonds is 8. The van der Waals surface area contributed by atoms with Gasteiger partial charge in [-0.1, -0.05) is 12.1 Å². The van der Waals surface area contributed by atoms with E-state index in [-0.39, 0.29) is 0 Å². The molecule has 0 amide bonds. The van der Waals surface area contributed by atoms with E-state index in [2.05, 4.69) is 4.74 Å². The summed E-state index contributed by atoms with van der Waals surface area (Å²) in [4.78, 5) is -1.35. The summed E-state index contributed by atoms with van der Waals surface area (Å²) in [5.74, 6) is -46.6. The van der Waals surface area contributed by atoms with Crippen molar-refractivity contribution in [1.82, 2.24) is 0 Å². The zero-order valence-corrected chi connectivity index (χ0v) is 16.6. The first kappa shape index (κ1) is 30.0. The minimum Gasteiger partial charge on any atom is -0.428 e. The van der Waals surface area contributed by atoms with Gasteiger partial charge in [0.05, 0.1) is 0 Å². The number of halogens is 16. The summed E-state index contributed by atoms with van der Waals surface area (Å²) >= 11 is 0. The van der Waals surface area contributed by atoms with Gasteiger partial charge in [0.2, 0.25) is 5.83 Å². The predicted molar refractivity (Wildman–Crippen MR) is 80.1 cm³/mol. The van der Waals surface area contributed by atoms with Crippen molar-refractivity contribution in [1.29, 1.82) is 0 Å². The summed E-state index contributed by atoms with van der Waals surface area (Å²) in [5, 5.41) is 0. The second kappa shape index (κ2) is 8.56. The second-order valence-electron chi connectivity index (χ2n) is 5.94. The minimum absolute atomic E-state index is 0.311. The van der Waals surface area contributed by atoms with Gasteiger partial charge in [0.15, 0.2) is 0 Å². The summed E-state index contributed by atoms with van der Waals surface area (Å²) < 4.78 is 222. The van der Waals surface area contributed by atoms with E-state index in [1.165, 1.54) is 0 Å². The molecule has 0 aliphatic heterocycles. The molecule has 0 aromatic heterocycles. The van der Waals surface area contributed by atoms with E-state index in [9.17, 15) is 74.3 Å². The van der Waals surface area contributed by atoms with Gasteiger partial charge in [-0.15, -0.1) is 0 Å². The Morgan fingerprint density at radius 1 is 0.706 bits per heavy atom. The summed E-state index contributed by atoms with van der Waals surface area (Å²) in [7, 11) is -0.126. The first-order valence-corrected chi connectivity index (χ1v) is 9.82. The zero-order valence-electron chi connectivity index (χ0n) is 15.0. The van der Waals surface area contributed by atoms with Gasteiger partial charge in [-0.3, -0.25) is 0 Å². The summed E-state index contributed by atoms with van der Waals surface area (Å²) in [6.45, 7) is 0. The second-order valence-corrected chi connectivity index (χ2v) is 8.48. The molecule has 0 bridgehead atoms. The monoisotopic (exact) mass is 572 g/mol. The molecule has 0 spiro atoms. The molecule has 196 valence electrons. The molecule has 0 saturated carbocycles. The third kappa shape index (κ3) is 4.59. The van der Waals surface area contributed by atoms with Gasteiger partial charge in [-0.2, -0.15) is 65.9 Å². The number of ether oxygens (including phenoxy) is 1. The molecule has 0 heterocycles. The molecule has 3 nitrogen and oxygen atoms in total. The molecular weight excluding hydrogens is 569 g/mol. The third-order valence-electron chi connectivity index (χ3n) is 3.69. The number of hydrogen-bond acceptors (Lipinski definition) is 3. The topological polar surface area (TPSA) is 43.4 Å². The van der Waals surface area contributed by atoms with Gasteiger partial charge in [-0.25, -0.2) is 8.42 Å². The van der Waals surface area contributed by atoms with Crippen LogP contribution in [-0.2, 0) is 9.05 Å². The lowest BCUT2D eigenvalue weighted by Gasteiger charge is -2.39. The molecule has 0 fully saturated rings. The van der Waals surface area contributed by atoms with E-state index in [0.717, 1.165) is 6.07 Å². The van der Waals surface area contributed by atoms with Gasteiger partial charge in [-0.05, 0) is 12.1 Å². The first-order valence-electron chi connectivity index (χ1n) is 7.51. The lowest BCUT2D eigenvalue weighted by molar-refractivity contribution is -0.437. The minimum atomic E-state index is -8.38. The highest BCUT2D eigenvalue weighted by molar-refractivity contribution is 8.13. The van der Waals surface area contributed by atoms with E-state index in [1.807, 2.05) is 0 Å². The lowest BCUT2D eigenvalue weighted by Crippen LogP contribution is -2.70. The Labute approximate surface area is 182 Å². The Balaban J connectivity index is 3.62. The van der Waals surface area contributed by atoms with Crippen molar-refractivity contribution in [3.8, 4) is 5.75 Å². The van der Waals surface area contributed by atoms with E-state index in [4.69, 9.17) is 10.7 Å². The maximum atomic E-state index is 13.7. The Hall–Kier alpha value is -2.05. The van der Waals surface area contributed by atoms with Crippen molar-refractivity contribution in [3.63, 3.8) is 0 Å². The van der Waals surface area contributed by atoms with Gasteiger partial charge in [0, 0.05) is 10.7 Å². The lowest BCUT2D eigenvalue weighted by atomic mass is 9.93. The van der Waals surface area contributed by atoms with Crippen LogP contribution in [0.2, 0.25) is 0 Å². The van der Waals surface area contributed by atoms with E-state index in [0.29, 0.717) is 18.2 Å². The van der Waals surface area contributed by atoms with Crippen molar-refractivity contribution >= 4 is 19.7 Å². The number of alkyl halides is 13. The van der Waals surface area contributed by atoms with Crippen LogP contribution in [0.4, 0.5) is 65.9 Å². The first-order chi connectivity index (χ1) is 14.8. The highest BCUT2D eigenvalue weighted by Crippen LogP contribution is 2.61. The smallest absolute Gasteiger partial charge is 0.428 e. The van der Waals surface area contributed by atoms with E-state index in [1.54, 1.807) is 0 Å². The van der Waals surface area contributed by atoms with Crippen LogP contribution in [0.15, 0.2) is 41.0 Å². The molecule has 1 rings (SSSR count). The van der Waals surface area contributed by atoms with Gasteiger partial charge in [0.1, 0.15) is 10.6 Å². The molecule has 34 heavy (non-hydrogen) atoms. The van der Waals surface area contributed by atoms with E-state index >= 15 is 0 Å². The normalized spacial score (nSPS) is 15.8. The molecule has 0 unspecified atom stereocenters. The van der Waals surface area contributed by atoms with Crippen LogP contribution in [0.1, 0.15) is 0 Å². The molecule has 0 radical (unpaired) electrons. The molecule has 1 aromatic carbocycles. The summed E-state index contributed by atoms with van der Waals surface area (Å²) in [5.41, 5.74) is 0. The molecule has 0 aliphatic carbocycles. The van der Waals surface area contributed by atoms with Crippen LogP contribution in [0.5, 0.6) is 5.75 Å². The van der Waals surface area contributed by atoms with Crippen molar-refractivity contribution in [2.75, 3.05) is 0 Å². The predicted octanol–water partition coefficient (Wildman–Crippen LogP) is 6.84. The SMILES string of the molecule is O=S(=O)(Cl)c1ccccc1OC(F)=C(F)C(F)(F)C(F)(F)C(F)(F)C(F)(F)C(F)(F)C(F)(F)F. The molecule has 0 N–H and O–H groups in total. The quantitative estimate of drug-likeness (QED) is 0.195. The number of para-hydroxylation sites is 1. The largest absolute Gasteiger partial charge is 0.460 e. The fraction of sp³-hybridized carbons (Fsp3) is 0.429.